The van der Waals surface area contributed by atoms with E-state index in [0.717, 1.165) is 18.8 Å². The molecular formula is C21H24N4O. The van der Waals surface area contributed by atoms with Crippen molar-refractivity contribution in [3.63, 3.8) is 0 Å². The molecule has 1 amide bonds. The van der Waals surface area contributed by atoms with Crippen molar-refractivity contribution in [1.29, 1.82) is 5.26 Å². The summed E-state index contributed by atoms with van der Waals surface area (Å²) in [5, 5.41) is 14.9. The second kappa shape index (κ2) is 8.39. The molecule has 3 rings (SSSR count). The van der Waals surface area contributed by atoms with E-state index < -0.39 is 0 Å². The van der Waals surface area contributed by atoms with Crippen LogP contribution in [0.5, 0.6) is 0 Å². The number of nitrogens with zero attached hydrogens (tertiary/aromatic N) is 2. The molecular weight excluding hydrogens is 324 g/mol. The van der Waals surface area contributed by atoms with Gasteiger partial charge in [-0.3, -0.25) is 4.79 Å². The molecule has 1 fully saturated rings. The maximum Gasteiger partial charge on any atom is 0.246 e. The Morgan fingerprint density at radius 1 is 1.00 bits per heavy atom. The summed E-state index contributed by atoms with van der Waals surface area (Å²) in [6, 6.07) is 16.8. The lowest BCUT2D eigenvalue weighted by Gasteiger charge is -2.29. The lowest BCUT2D eigenvalue weighted by atomic mass is 10.1. The molecule has 0 bridgehead atoms. The number of anilines is 3. The van der Waals surface area contributed by atoms with E-state index in [-0.39, 0.29) is 11.9 Å². The van der Waals surface area contributed by atoms with Gasteiger partial charge in [-0.2, -0.15) is 5.26 Å². The Kier molecular flexibility index (Phi) is 5.75. The first kappa shape index (κ1) is 17.8. The molecule has 1 atom stereocenters. The molecule has 2 N–H and O–H groups in total. The van der Waals surface area contributed by atoms with E-state index in [1.165, 1.54) is 24.9 Å². The van der Waals surface area contributed by atoms with E-state index in [2.05, 4.69) is 33.7 Å². The Balaban J connectivity index is 1.55. The van der Waals surface area contributed by atoms with E-state index in [1.54, 1.807) is 24.3 Å². The normalized spacial score (nSPS) is 15.0. The molecule has 1 aliphatic rings. The monoisotopic (exact) mass is 348 g/mol. The van der Waals surface area contributed by atoms with Crippen LogP contribution in [0, 0.1) is 11.3 Å². The third-order valence-corrected chi connectivity index (χ3v) is 4.65. The quantitative estimate of drug-likeness (QED) is 0.857. The van der Waals surface area contributed by atoms with Crippen molar-refractivity contribution in [2.24, 2.45) is 0 Å². The van der Waals surface area contributed by atoms with Crippen molar-refractivity contribution in [3.05, 3.63) is 54.1 Å². The third-order valence-electron chi connectivity index (χ3n) is 4.65. The molecule has 0 aromatic heterocycles. The molecule has 1 heterocycles. The van der Waals surface area contributed by atoms with Crippen LogP contribution in [0.25, 0.3) is 0 Å². The van der Waals surface area contributed by atoms with Gasteiger partial charge in [0, 0.05) is 30.2 Å². The summed E-state index contributed by atoms with van der Waals surface area (Å²) in [5.41, 5.74) is 3.42. The van der Waals surface area contributed by atoms with Gasteiger partial charge in [0.25, 0.3) is 0 Å². The summed E-state index contributed by atoms with van der Waals surface area (Å²) >= 11 is 0. The highest BCUT2D eigenvalue weighted by atomic mass is 16.2. The van der Waals surface area contributed by atoms with E-state index in [9.17, 15) is 4.79 Å². The molecule has 2 aromatic rings. The fourth-order valence-corrected chi connectivity index (χ4v) is 3.11. The minimum atomic E-state index is -0.369. The highest BCUT2D eigenvalue weighted by molar-refractivity contribution is 5.96. The maximum absolute atomic E-state index is 12.3. The number of hydrogen-bond acceptors (Lipinski definition) is 4. The summed E-state index contributed by atoms with van der Waals surface area (Å²) in [5.74, 6) is -0.116. The topological polar surface area (TPSA) is 68.2 Å². The second-order valence-corrected chi connectivity index (χ2v) is 6.64. The van der Waals surface area contributed by atoms with Gasteiger partial charge in [-0.15, -0.1) is 0 Å². The minimum Gasteiger partial charge on any atom is -0.374 e. The van der Waals surface area contributed by atoms with E-state index in [1.807, 2.05) is 19.1 Å². The van der Waals surface area contributed by atoms with Crippen LogP contribution in [0.2, 0.25) is 0 Å². The lowest BCUT2D eigenvalue weighted by Crippen LogP contribution is -2.32. The third kappa shape index (κ3) is 4.54. The van der Waals surface area contributed by atoms with Gasteiger partial charge in [-0.05, 0) is 74.7 Å². The Labute approximate surface area is 154 Å². The van der Waals surface area contributed by atoms with Crippen LogP contribution in [-0.4, -0.2) is 25.0 Å². The molecule has 2 aromatic carbocycles. The fraction of sp³-hybridized carbons (Fsp3) is 0.333. The Morgan fingerprint density at radius 2 is 1.62 bits per heavy atom. The fourth-order valence-electron chi connectivity index (χ4n) is 3.11. The predicted molar refractivity (Wildman–Crippen MR) is 105 cm³/mol. The SMILES string of the molecule is CC(Nc1ccc(N2CCCCC2)cc1)C(=O)Nc1ccc(C#N)cc1. The zero-order chi connectivity index (χ0) is 18.4. The molecule has 0 radical (unpaired) electrons. The van der Waals surface area contributed by atoms with Gasteiger partial charge in [0.1, 0.15) is 6.04 Å². The summed E-state index contributed by atoms with van der Waals surface area (Å²) in [7, 11) is 0. The first-order valence-electron chi connectivity index (χ1n) is 9.08. The molecule has 5 heteroatoms. The zero-order valence-corrected chi connectivity index (χ0v) is 15.0. The van der Waals surface area contributed by atoms with Crippen LogP contribution in [0.3, 0.4) is 0 Å². The Bertz CT molecular complexity index is 771. The summed E-state index contributed by atoms with van der Waals surface area (Å²) in [4.78, 5) is 14.7. The number of carbonyl (C=O) groups is 1. The van der Waals surface area contributed by atoms with Crippen LogP contribution in [0.1, 0.15) is 31.7 Å². The first-order chi connectivity index (χ1) is 12.7. The molecule has 0 spiro atoms. The molecule has 134 valence electrons. The van der Waals surface area contributed by atoms with Crippen molar-refractivity contribution in [2.45, 2.75) is 32.2 Å². The highest BCUT2D eigenvalue weighted by Gasteiger charge is 2.14. The summed E-state index contributed by atoms with van der Waals surface area (Å²) < 4.78 is 0. The van der Waals surface area contributed by atoms with Gasteiger partial charge >= 0.3 is 0 Å². The van der Waals surface area contributed by atoms with Crippen LogP contribution in [0.4, 0.5) is 17.1 Å². The van der Waals surface area contributed by atoms with Crippen LogP contribution >= 0.6 is 0 Å². The number of benzene rings is 2. The Hall–Kier alpha value is -3.00. The number of carbonyl (C=O) groups excluding carboxylic acids is 1. The van der Waals surface area contributed by atoms with Crippen molar-refractivity contribution >= 4 is 23.0 Å². The van der Waals surface area contributed by atoms with Crippen LogP contribution < -0.4 is 15.5 Å². The van der Waals surface area contributed by atoms with Crippen molar-refractivity contribution in [1.82, 2.24) is 0 Å². The smallest absolute Gasteiger partial charge is 0.246 e. The summed E-state index contributed by atoms with van der Waals surface area (Å²) in [6.45, 7) is 4.07. The van der Waals surface area contributed by atoms with Gasteiger partial charge in [-0.25, -0.2) is 0 Å². The van der Waals surface area contributed by atoms with Gasteiger partial charge in [0.2, 0.25) is 5.91 Å². The molecule has 0 aliphatic carbocycles. The zero-order valence-electron chi connectivity index (χ0n) is 15.0. The van der Waals surface area contributed by atoms with Crippen molar-refractivity contribution in [3.8, 4) is 6.07 Å². The van der Waals surface area contributed by atoms with Gasteiger partial charge in [-0.1, -0.05) is 0 Å². The van der Waals surface area contributed by atoms with Gasteiger partial charge in [0.15, 0.2) is 0 Å². The molecule has 26 heavy (non-hydrogen) atoms. The number of piperidine rings is 1. The van der Waals surface area contributed by atoms with Crippen LogP contribution in [0.15, 0.2) is 48.5 Å². The van der Waals surface area contributed by atoms with E-state index in [4.69, 9.17) is 5.26 Å². The number of hydrogen-bond donors (Lipinski definition) is 2. The maximum atomic E-state index is 12.3. The average Bonchev–Trinajstić information content (AvgIpc) is 2.70. The largest absolute Gasteiger partial charge is 0.374 e. The minimum absolute atomic E-state index is 0.116. The molecule has 0 saturated carbocycles. The number of nitriles is 1. The molecule has 1 unspecified atom stereocenters. The highest BCUT2D eigenvalue weighted by Crippen LogP contribution is 2.22. The number of amides is 1. The lowest BCUT2D eigenvalue weighted by molar-refractivity contribution is -0.116. The van der Waals surface area contributed by atoms with Crippen molar-refractivity contribution in [2.75, 3.05) is 28.6 Å². The van der Waals surface area contributed by atoms with Gasteiger partial charge < -0.3 is 15.5 Å². The van der Waals surface area contributed by atoms with E-state index in [0.29, 0.717) is 11.3 Å². The van der Waals surface area contributed by atoms with Gasteiger partial charge in [0.05, 0.1) is 11.6 Å². The number of rotatable bonds is 5. The standard InChI is InChI=1S/C21H24N4O/c1-16(21(26)24-19-7-5-17(15-22)6-8-19)23-18-9-11-20(12-10-18)25-13-3-2-4-14-25/h5-12,16,23H,2-4,13-14H2,1H3,(H,24,26). The average molecular weight is 348 g/mol. The second-order valence-electron chi connectivity index (χ2n) is 6.64. The number of nitrogens with one attached hydrogen (secondary N) is 2. The predicted octanol–water partition coefficient (Wildman–Crippen LogP) is 3.99. The molecule has 5 nitrogen and oxygen atoms in total. The Morgan fingerprint density at radius 3 is 2.23 bits per heavy atom. The first-order valence-corrected chi connectivity index (χ1v) is 9.08. The van der Waals surface area contributed by atoms with Crippen LogP contribution in [-0.2, 0) is 4.79 Å². The summed E-state index contributed by atoms with van der Waals surface area (Å²) in [6.07, 6.45) is 3.83. The molecule has 1 aliphatic heterocycles. The van der Waals surface area contributed by atoms with Crippen molar-refractivity contribution < 1.29 is 4.79 Å². The molecule has 1 saturated heterocycles. The van der Waals surface area contributed by atoms with E-state index >= 15 is 0 Å².